The number of rotatable bonds is 12. The normalized spacial score (nSPS) is 14.1. The molecule has 3 N–H and O–H groups in total. The maximum absolute atomic E-state index is 5.84. The quantitative estimate of drug-likeness (QED) is 0.189. The van der Waals surface area contributed by atoms with Gasteiger partial charge in [-0.3, -0.25) is 0 Å². The van der Waals surface area contributed by atoms with Gasteiger partial charge in [0.25, 0.3) is 0 Å². The summed E-state index contributed by atoms with van der Waals surface area (Å²) < 4.78 is 1.91. The molecule has 3 rings (SSSR count). The van der Waals surface area contributed by atoms with Gasteiger partial charge in [0.05, 0.1) is 12.3 Å². The van der Waals surface area contributed by atoms with Crippen molar-refractivity contribution in [3.8, 4) is 0 Å². The van der Waals surface area contributed by atoms with Crippen molar-refractivity contribution in [2.45, 2.75) is 67.2 Å². The Morgan fingerprint density at radius 1 is 1.16 bits per heavy atom. The number of hydrogen-bond acceptors (Lipinski definition) is 6. The van der Waals surface area contributed by atoms with Crippen LogP contribution in [0.3, 0.4) is 0 Å². The number of nitrogen functional groups attached to an aromatic ring is 1. The number of hydrazone groups is 1. The summed E-state index contributed by atoms with van der Waals surface area (Å²) in [6.45, 7) is 20.7. The van der Waals surface area contributed by atoms with Crippen LogP contribution in [-0.4, -0.2) is 51.4 Å². The molecule has 0 saturated heterocycles. The van der Waals surface area contributed by atoms with Crippen molar-refractivity contribution in [1.29, 1.82) is 0 Å². The first-order valence-electron chi connectivity index (χ1n) is 13.9. The second-order valence-corrected chi connectivity index (χ2v) is 8.77. The summed E-state index contributed by atoms with van der Waals surface area (Å²) in [5, 5.41) is 8.55. The fourth-order valence-electron chi connectivity index (χ4n) is 3.77. The molecular formula is C31H49N7. The Bertz CT molecular complexity index is 1100. The lowest BCUT2D eigenvalue weighted by molar-refractivity contribution is 0.282. The Balaban J connectivity index is 0.000000365. The molecule has 0 radical (unpaired) electrons. The summed E-state index contributed by atoms with van der Waals surface area (Å²) in [6, 6.07) is 4.10. The second kappa shape index (κ2) is 19.6. The minimum Gasteiger partial charge on any atom is -0.382 e. The predicted octanol–water partition coefficient (Wildman–Crippen LogP) is 6.53. The number of nitrogens with zero attached hydrogens (tertiary/aromatic N) is 5. The van der Waals surface area contributed by atoms with E-state index in [9.17, 15) is 0 Å². The number of nitrogens with two attached hydrogens (primary N) is 1. The summed E-state index contributed by atoms with van der Waals surface area (Å²) in [4.78, 5) is 6.52. The molecule has 0 amide bonds. The Hall–Kier alpha value is -3.45. The molecule has 2 aromatic rings. The monoisotopic (exact) mass is 519 g/mol. The van der Waals surface area contributed by atoms with E-state index in [4.69, 9.17) is 5.73 Å². The van der Waals surface area contributed by atoms with E-state index in [-0.39, 0.29) is 0 Å². The number of aryl methyl sites for hydroxylation is 1. The number of anilines is 1. The number of hydrogen-bond donors (Lipinski definition) is 2. The average molecular weight is 520 g/mol. The van der Waals surface area contributed by atoms with Crippen LogP contribution in [0.25, 0.3) is 5.52 Å². The smallest absolute Gasteiger partial charge is 0.151 e. The summed E-state index contributed by atoms with van der Waals surface area (Å²) in [5.74, 6) is 0.548. The molecule has 7 nitrogen and oxygen atoms in total. The molecule has 7 heteroatoms. The van der Waals surface area contributed by atoms with E-state index in [1.807, 2.05) is 67.8 Å². The van der Waals surface area contributed by atoms with Crippen molar-refractivity contribution in [3.05, 3.63) is 84.4 Å². The molecule has 2 heterocycles. The molecule has 0 atom stereocenters. The molecule has 1 aliphatic carbocycles. The van der Waals surface area contributed by atoms with E-state index in [1.165, 1.54) is 49.9 Å². The molecule has 0 spiro atoms. The van der Waals surface area contributed by atoms with E-state index >= 15 is 0 Å². The van der Waals surface area contributed by atoms with Gasteiger partial charge in [0, 0.05) is 5.69 Å². The van der Waals surface area contributed by atoms with E-state index in [0.29, 0.717) is 5.82 Å². The summed E-state index contributed by atoms with van der Waals surface area (Å²) in [6.07, 6.45) is 20.1. The van der Waals surface area contributed by atoms with Gasteiger partial charge in [0.2, 0.25) is 0 Å². The van der Waals surface area contributed by atoms with Gasteiger partial charge in [0.1, 0.15) is 11.8 Å². The van der Waals surface area contributed by atoms with Gasteiger partial charge in [-0.25, -0.2) is 9.50 Å². The Labute approximate surface area is 230 Å². The van der Waals surface area contributed by atoms with Gasteiger partial charge in [-0.2, -0.15) is 10.2 Å². The van der Waals surface area contributed by atoms with Crippen LogP contribution in [0.1, 0.15) is 66.5 Å². The fraction of sp³-hybridized carbons (Fsp3) is 0.452. The molecule has 208 valence electrons. The van der Waals surface area contributed by atoms with Gasteiger partial charge in [-0.05, 0) is 82.9 Å². The molecule has 0 saturated carbocycles. The van der Waals surface area contributed by atoms with Crippen molar-refractivity contribution in [3.63, 3.8) is 0 Å². The first kappa shape index (κ1) is 32.6. The Morgan fingerprint density at radius 3 is 2.61 bits per heavy atom. The van der Waals surface area contributed by atoms with Crippen LogP contribution in [-0.2, 0) is 6.42 Å². The summed E-state index contributed by atoms with van der Waals surface area (Å²) >= 11 is 0. The van der Waals surface area contributed by atoms with Crippen LogP contribution in [0.4, 0.5) is 5.82 Å². The third-order valence-electron chi connectivity index (χ3n) is 5.83. The molecule has 0 unspecified atom stereocenters. The lowest BCUT2D eigenvalue weighted by Crippen LogP contribution is -2.25. The minimum absolute atomic E-state index is 0.548. The van der Waals surface area contributed by atoms with Gasteiger partial charge in [-0.1, -0.05) is 76.3 Å². The zero-order valence-corrected chi connectivity index (χ0v) is 24.5. The van der Waals surface area contributed by atoms with E-state index in [0.717, 1.165) is 36.3 Å². The zero-order valence-electron chi connectivity index (χ0n) is 24.5. The maximum Gasteiger partial charge on any atom is 0.151 e. The van der Waals surface area contributed by atoms with Crippen molar-refractivity contribution < 1.29 is 0 Å². The maximum atomic E-state index is 5.84. The number of fused-ring (bicyclic) bond motifs is 1. The Morgan fingerprint density at radius 2 is 1.92 bits per heavy atom. The van der Waals surface area contributed by atoms with Gasteiger partial charge < -0.3 is 16.1 Å². The molecule has 38 heavy (non-hydrogen) atoms. The molecule has 0 fully saturated rings. The van der Waals surface area contributed by atoms with Crippen LogP contribution >= 0.6 is 0 Å². The number of allylic oxidation sites excluding steroid dienone is 8. The van der Waals surface area contributed by atoms with Crippen molar-refractivity contribution >= 4 is 17.0 Å². The first-order chi connectivity index (χ1) is 18.5. The highest BCUT2D eigenvalue weighted by Crippen LogP contribution is 2.15. The summed E-state index contributed by atoms with van der Waals surface area (Å²) in [5.41, 5.74) is 14.1. The number of aromatic nitrogens is 3. The third kappa shape index (κ3) is 11.7. The van der Waals surface area contributed by atoms with Crippen LogP contribution < -0.4 is 11.2 Å². The van der Waals surface area contributed by atoms with E-state index in [2.05, 4.69) is 65.0 Å². The number of unbranched alkanes of at least 4 members (excludes halogenated alkanes) is 1. The second-order valence-electron chi connectivity index (χ2n) is 8.77. The molecule has 2 aromatic heterocycles. The lowest BCUT2D eigenvalue weighted by atomic mass is 10.1. The van der Waals surface area contributed by atoms with Crippen LogP contribution in [0.15, 0.2) is 83.8 Å². The van der Waals surface area contributed by atoms with Crippen molar-refractivity contribution in [1.82, 2.24) is 24.9 Å². The summed E-state index contributed by atoms with van der Waals surface area (Å²) in [7, 11) is 0. The molecule has 0 bridgehead atoms. The zero-order chi connectivity index (χ0) is 28.2. The minimum atomic E-state index is 0.548. The lowest BCUT2D eigenvalue weighted by Gasteiger charge is -2.19. The van der Waals surface area contributed by atoms with E-state index in [1.54, 1.807) is 0 Å². The standard InChI is InChI=1S/C15H25N5.C14H18N2.C2H6/c1-3-10-19(4-2)11-6-5-7-13-8-9-14-15(16)17-12-18-20(13)14;1-4-5-8-12(2)11-15-16-14-10-7-6-9-13(14)3;1-2/h8-9,12H,3-7,10-11H2,1-2H3,(H2,16,17,18);4-10,15H,3,11H2,1-2H3;1-2H3/b;5-4-,12-8+,16-14-;. The molecule has 0 aliphatic heterocycles. The topological polar surface area (TPSA) is 83.8 Å². The highest BCUT2D eigenvalue weighted by atomic mass is 15.3. The third-order valence-corrected chi connectivity index (χ3v) is 5.83. The van der Waals surface area contributed by atoms with Gasteiger partial charge in [-0.15, -0.1) is 0 Å². The predicted molar refractivity (Wildman–Crippen MR) is 166 cm³/mol. The highest BCUT2D eigenvalue weighted by molar-refractivity contribution is 6.10. The van der Waals surface area contributed by atoms with Crippen molar-refractivity contribution in [2.75, 3.05) is 31.9 Å². The van der Waals surface area contributed by atoms with Gasteiger partial charge >= 0.3 is 0 Å². The van der Waals surface area contributed by atoms with Gasteiger partial charge in [0.15, 0.2) is 5.82 Å². The molecular weight excluding hydrogens is 470 g/mol. The SMILES string of the molecule is C=C1C=CC=C/C1=N/NC/C(C)=C/C=C\C.CC.CCCN(CC)CCCCc1ccc2c(N)ncnn12. The average Bonchev–Trinajstić information content (AvgIpc) is 3.36. The van der Waals surface area contributed by atoms with Crippen LogP contribution in [0.5, 0.6) is 0 Å². The largest absolute Gasteiger partial charge is 0.382 e. The molecule has 0 aromatic carbocycles. The molecule has 1 aliphatic rings. The van der Waals surface area contributed by atoms with Crippen molar-refractivity contribution in [2.24, 2.45) is 5.10 Å². The van der Waals surface area contributed by atoms with Crippen LogP contribution in [0, 0.1) is 0 Å². The number of nitrogens with one attached hydrogen (secondary N) is 1. The fourth-order valence-corrected chi connectivity index (χ4v) is 3.77. The van der Waals surface area contributed by atoms with E-state index < -0.39 is 0 Å². The van der Waals surface area contributed by atoms with Crippen LogP contribution in [0.2, 0.25) is 0 Å². The Kier molecular flexibility index (Phi) is 16.8. The first-order valence-corrected chi connectivity index (χ1v) is 13.9. The highest BCUT2D eigenvalue weighted by Gasteiger charge is 2.06.